The highest BCUT2D eigenvalue weighted by Crippen LogP contribution is 2.33. The van der Waals surface area contributed by atoms with Crippen LogP contribution in [0.1, 0.15) is 24.1 Å². The first-order chi connectivity index (χ1) is 9.51. The van der Waals surface area contributed by atoms with Gasteiger partial charge in [0.25, 0.3) is 0 Å². The molecule has 0 amide bonds. The zero-order valence-electron chi connectivity index (χ0n) is 10.8. The highest BCUT2D eigenvalue weighted by Gasteiger charge is 2.17. The lowest BCUT2D eigenvalue weighted by molar-refractivity contribution is 0.630. The van der Waals surface area contributed by atoms with E-state index >= 15 is 0 Å². The minimum atomic E-state index is -0.0280. The summed E-state index contributed by atoms with van der Waals surface area (Å²) in [6, 6.07) is 11.3. The van der Waals surface area contributed by atoms with Crippen molar-refractivity contribution in [1.29, 1.82) is 0 Å². The summed E-state index contributed by atoms with van der Waals surface area (Å²) in [6.07, 6.45) is 0. The highest BCUT2D eigenvalue weighted by atomic mass is 79.9. The van der Waals surface area contributed by atoms with Crippen LogP contribution in [0, 0.1) is 0 Å². The molecule has 0 aromatic heterocycles. The summed E-state index contributed by atoms with van der Waals surface area (Å²) < 4.78 is 0.938. The number of nitrogens with one attached hydrogen (secondary N) is 1. The summed E-state index contributed by atoms with van der Waals surface area (Å²) in [5, 5.41) is 5.37. The van der Waals surface area contributed by atoms with Crippen LogP contribution in [0.25, 0.3) is 0 Å². The molecule has 2 rings (SSSR count). The van der Waals surface area contributed by atoms with Gasteiger partial charge < -0.3 is 5.32 Å². The third kappa shape index (κ3) is 3.90. The molecule has 1 nitrogen and oxygen atoms in total. The van der Waals surface area contributed by atoms with Gasteiger partial charge in [0.05, 0.1) is 6.04 Å². The van der Waals surface area contributed by atoms with Crippen molar-refractivity contribution in [2.45, 2.75) is 13.0 Å². The van der Waals surface area contributed by atoms with Crippen molar-refractivity contribution in [1.82, 2.24) is 5.32 Å². The third-order valence-electron chi connectivity index (χ3n) is 2.90. The molecule has 20 heavy (non-hydrogen) atoms. The van der Waals surface area contributed by atoms with Crippen LogP contribution < -0.4 is 5.32 Å². The van der Waals surface area contributed by atoms with Gasteiger partial charge in [0.2, 0.25) is 0 Å². The Balaban J connectivity index is 2.49. The fourth-order valence-corrected chi connectivity index (χ4v) is 3.49. The number of rotatable bonds is 4. The van der Waals surface area contributed by atoms with Gasteiger partial charge in [-0.2, -0.15) is 0 Å². The van der Waals surface area contributed by atoms with E-state index in [1.807, 2.05) is 30.3 Å². The Bertz CT molecular complexity index is 596. The Labute approximate surface area is 142 Å². The second-order valence-electron chi connectivity index (χ2n) is 4.36. The van der Waals surface area contributed by atoms with Gasteiger partial charge in [-0.3, -0.25) is 0 Å². The van der Waals surface area contributed by atoms with Gasteiger partial charge in [0.15, 0.2) is 0 Å². The maximum Gasteiger partial charge on any atom is 0.0592 e. The molecule has 1 unspecified atom stereocenters. The maximum absolute atomic E-state index is 6.32. The second-order valence-corrected chi connectivity index (χ2v) is 6.56. The molecule has 0 heterocycles. The van der Waals surface area contributed by atoms with E-state index in [4.69, 9.17) is 34.8 Å². The van der Waals surface area contributed by atoms with Crippen molar-refractivity contribution in [3.8, 4) is 0 Å². The Hall–Kier alpha value is -0.250. The van der Waals surface area contributed by atoms with Crippen molar-refractivity contribution < 1.29 is 0 Å². The normalized spacial score (nSPS) is 12.4. The maximum atomic E-state index is 6.32. The van der Waals surface area contributed by atoms with Crippen LogP contribution in [0.5, 0.6) is 0 Å². The van der Waals surface area contributed by atoms with Crippen LogP contribution in [0.15, 0.2) is 40.9 Å². The fraction of sp³-hybridized carbons (Fsp3) is 0.200. The minimum absolute atomic E-state index is 0.0280. The Morgan fingerprint density at radius 3 is 2.40 bits per heavy atom. The molecule has 0 spiro atoms. The van der Waals surface area contributed by atoms with Crippen molar-refractivity contribution in [3.05, 3.63) is 67.1 Å². The van der Waals surface area contributed by atoms with Crippen molar-refractivity contribution in [3.63, 3.8) is 0 Å². The van der Waals surface area contributed by atoms with Gasteiger partial charge in [-0.1, -0.05) is 63.7 Å². The number of halogens is 4. The predicted octanol–water partition coefficient (Wildman–Crippen LogP) is 6.11. The molecular weight excluding hydrogens is 380 g/mol. The molecule has 2 aromatic rings. The average Bonchev–Trinajstić information content (AvgIpc) is 2.35. The van der Waals surface area contributed by atoms with Crippen LogP contribution >= 0.6 is 50.7 Å². The van der Waals surface area contributed by atoms with Gasteiger partial charge in [-0.15, -0.1) is 0 Å². The van der Waals surface area contributed by atoms with Gasteiger partial charge in [-0.25, -0.2) is 0 Å². The predicted molar refractivity (Wildman–Crippen MR) is 91.1 cm³/mol. The van der Waals surface area contributed by atoms with Crippen LogP contribution in [-0.4, -0.2) is 6.54 Å². The van der Waals surface area contributed by atoms with Crippen molar-refractivity contribution >= 4 is 50.7 Å². The SMILES string of the molecule is CCNC(c1cc(Cl)cc(Br)c1)c1ccc(Cl)cc1Cl. The zero-order valence-corrected chi connectivity index (χ0v) is 14.6. The summed E-state index contributed by atoms with van der Waals surface area (Å²) in [5.74, 6) is 0. The van der Waals surface area contributed by atoms with E-state index in [0.717, 1.165) is 22.1 Å². The van der Waals surface area contributed by atoms with Crippen molar-refractivity contribution in [2.24, 2.45) is 0 Å². The van der Waals surface area contributed by atoms with E-state index in [2.05, 4.69) is 28.2 Å². The Kier molecular flexibility index (Phi) is 5.76. The first-order valence-corrected chi connectivity index (χ1v) is 8.08. The third-order valence-corrected chi connectivity index (χ3v) is 4.14. The number of hydrogen-bond donors (Lipinski definition) is 1. The van der Waals surface area contributed by atoms with E-state index < -0.39 is 0 Å². The molecule has 106 valence electrons. The molecule has 0 aliphatic heterocycles. The molecule has 1 N–H and O–H groups in total. The van der Waals surface area contributed by atoms with E-state index in [9.17, 15) is 0 Å². The fourth-order valence-electron chi connectivity index (χ4n) is 2.09. The first-order valence-electron chi connectivity index (χ1n) is 6.15. The zero-order chi connectivity index (χ0) is 14.7. The topological polar surface area (TPSA) is 12.0 Å². The van der Waals surface area contributed by atoms with Gasteiger partial charge in [0.1, 0.15) is 0 Å². The van der Waals surface area contributed by atoms with E-state index in [1.165, 1.54) is 0 Å². The molecule has 1 atom stereocenters. The molecule has 0 aliphatic carbocycles. The highest BCUT2D eigenvalue weighted by molar-refractivity contribution is 9.10. The molecule has 0 radical (unpaired) electrons. The van der Waals surface area contributed by atoms with E-state index in [0.29, 0.717) is 15.1 Å². The quantitative estimate of drug-likeness (QED) is 0.661. The standard InChI is InChI=1S/C15H13BrCl3N/c1-2-20-15(9-5-10(16)7-12(18)6-9)13-4-3-11(17)8-14(13)19/h3-8,15,20H,2H2,1H3. The molecule has 0 aliphatic rings. The summed E-state index contributed by atoms with van der Waals surface area (Å²) in [6.45, 7) is 2.87. The summed E-state index contributed by atoms with van der Waals surface area (Å²) in [4.78, 5) is 0. The number of benzene rings is 2. The molecule has 0 fully saturated rings. The molecule has 0 saturated heterocycles. The summed E-state index contributed by atoms with van der Waals surface area (Å²) in [5.41, 5.74) is 2.03. The average molecular weight is 394 g/mol. The molecule has 5 heteroatoms. The molecule has 0 bridgehead atoms. The Morgan fingerprint density at radius 1 is 1.05 bits per heavy atom. The molecule has 0 saturated carbocycles. The van der Waals surface area contributed by atoms with Crippen LogP contribution in [-0.2, 0) is 0 Å². The molecular formula is C15H13BrCl3N. The van der Waals surface area contributed by atoms with Crippen LogP contribution in [0.3, 0.4) is 0 Å². The van der Waals surface area contributed by atoms with E-state index in [1.54, 1.807) is 6.07 Å². The van der Waals surface area contributed by atoms with Gasteiger partial charge in [-0.05, 0) is 48.0 Å². The smallest absolute Gasteiger partial charge is 0.0592 e. The van der Waals surface area contributed by atoms with Crippen LogP contribution in [0.2, 0.25) is 15.1 Å². The second kappa shape index (κ2) is 7.15. The summed E-state index contributed by atoms with van der Waals surface area (Å²) >= 11 is 21.9. The number of hydrogen-bond acceptors (Lipinski definition) is 1. The first kappa shape index (κ1) is 16.1. The Morgan fingerprint density at radius 2 is 1.80 bits per heavy atom. The largest absolute Gasteiger partial charge is 0.306 e. The minimum Gasteiger partial charge on any atom is -0.306 e. The lowest BCUT2D eigenvalue weighted by Gasteiger charge is -2.21. The monoisotopic (exact) mass is 391 g/mol. The molecule has 2 aromatic carbocycles. The summed E-state index contributed by atoms with van der Waals surface area (Å²) in [7, 11) is 0. The van der Waals surface area contributed by atoms with Crippen molar-refractivity contribution in [2.75, 3.05) is 6.54 Å². The lowest BCUT2D eigenvalue weighted by Crippen LogP contribution is -2.22. The lowest BCUT2D eigenvalue weighted by atomic mass is 9.98. The van der Waals surface area contributed by atoms with Gasteiger partial charge >= 0.3 is 0 Å². The van der Waals surface area contributed by atoms with Crippen LogP contribution in [0.4, 0.5) is 0 Å². The van der Waals surface area contributed by atoms with Gasteiger partial charge in [0, 0.05) is 19.5 Å². The van der Waals surface area contributed by atoms with E-state index in [-0.39, 0.29) is 6.04 Å².